The fourth-order valence-corrected chi connectivity index (χ4v) is 2.22. The van der Waals surface area contributed by atoms with E-state index in [0.717, 1.165) is 17.8 Å². The molecule has 2 aromatic heterocycles. The van der Waals surface area contributed by atoms with Gasteiger partial charge in [0.2, 0.25) is 5.76 Å². The number of hydrogen-bond acceptors (Lipinski definition) is 6. The molecule has 0 saturated carbocycles. The summed E-state index contributed by atoms with van der Waals surface area (Å²) in [4.78, 5) is 22.4. The average Bonchev–Trinajstić information content (AvgIpc) is 3.04. The molecule has 2 aromatic rings. The number of carbonyl (C=O) groups excluding carboxylic acids is 1. The van der Waals surface area contributed by atoms with Crippen molar-refractivity contribution in [3.05, 3.63) is 41.8 Å². The molecule has 0 radical (unpaired) electrons. The predicted molar refractivity (Wildman–Crippen MR) is 72.5 cm³/mol. The Morgan fingerprint density at radius 3 is 3.10 bits per heavy atom. The van der Waals surface area contributed by atoms with Gasteiger partial charge in [0, 0.05) is 25.0 Å². The average molecular weight is 288 g/mol. The third-order valence-corrected chi connectivity index (χ3v) is 3.40. The van der Waals surface area contributed by atoms with E-state index in [-0.39, 0.29) is 17.8 Å². The lowest BCUT2D eigenvalue weighted by Gasteiger charge is -2.31. The van der Waals surface area contributed by atoms with E-state index in [1.807, 2.05) is 6.92 Å². The van der Waals surface area contributed by atoms with Gasteiger partial charge in [0.1, 0.15) is 6.10 Å². The summed E-state index contributed by atoms with van der Waals surface area (Å²) >= 11 is 0. The van der Waals surface area contributed by atoms with Gasteiger partial charge < -0.3 is 14.2 Å². The molecule has 7 heteroatoms. The molecule has 0 aromatic carbocycles. The molecule has 3 heterocycles. The molecule has 0 aliphatic carbocycles. The van der Waals surface area contributed by atoms with Crippen LogP contribution in [0.2, 0.25) is 0 Å². The van der Waals surface area contributed by atoms with Crippen LogP contribution in [-0.2, 0) is 11.2 Å². The lowest BCUT2D eigenvalue weighted by Crippen LogP contribution is -2.42. The number of hydrogen-bond donors (Lipinski definition) is 0. The maximum atomic E-state index is 12.4. The zero-order valence-corrected chi connectivity index (χ0v) is 11.7. The van der Waals surface area contributed by atoms with Gasteiger partial charge in [0.15, 0.2) is 0 Å². The Hall–Kier alpha value is -2.28. The van der Waals surface area contributed by atoms with E-state index in [1.165, 1.54) is 0 Å². The van der Waals surface area contributed by atoms with Crippen LogP contribution in [0.1, 0.15) is 35.0 Å². The second-order valence-electron chi connectivity index (χ2n) is 4.78. The molecule has 0 spiro atoms. The van der Waals surface area contributed by atoms with Gasteiger partial charge in [-0.15, -0.1) is 0 Å². The second kappa shape index (κ2) is 6.01. The highest BCUT2D eigenvalue weighted by atomic mass is 16.5. The van der Waals surface area contributed by atoms with Crippen LogP contribution in [-0.4, -0.2) is 45.6 Å². The Kier molecular flexibility index (Phi) is 3.92. The van der Waals surface area contributed by atoms with Crippen LogP contribution in [0.3, 0.4) is 0 Å². The van der Waals surface area contributed by atoms with E-state index in [4.69, 9.17) is 9.26 Å². The van der Waals surface area contributed by atoms with Crippen LogP contribution in [0.5, 0.6) is 0 Å². The Labute approximate surface area is 121 Å². The van der Waals surface area contributed by atoms with Crippen molar-refractivity contribution in [1.82, 2.24) is 20.0 Å². The molecule has 7 nitrogen and oxygen atoms in total. The van der Waals surface area contributed by atoms with Gasteiger partial charge in [-0.05, 0) is 6.42 Å². The topological polar surface area (TPSA) is 81.4 Å². The van der Waals surface area contributed by atoms with Crippen LogP contribution < -0.4 is 0 Å². The molecule has 1 atom stereocenters. The summed E-state index contributed by atoms with van der Waals surface area (Å²) in [6, 6.07) is 1.69. The van der Waals surface area contributed by atoms with Crippen LogP contribution in [0, 0.1) is 0 Å². The zero-order valence-electron chi connectivity index (χ0n) is 11.7. The minimum atomic E-state index is -0.259. The number of aromatic nitrogens is 3. The lowest BCUT2D eigenvalue weighted by molar-refractivity contribution is -0.0260. The summed E-state index contributed by atoms with van der Waals surface area (Å²) in [6.45, 7) is 3.38. The molecule has 1 amide bonds. The highest BCUT2D eigenvalue weighted by molar-refractivity contribution is 5.91. The maximum absolute atomic E-state index is 12.4. The van der Waals surface area contributed by atoms with Crippen molar-refractivity contribution >= 4 is 5.91 Å². The highest BCUT2D eigenvalue weighted by Gasteiger charge is 2.28. The van der Waals surface area contributed by atoms with Gasteiger partial charge in [-0.25, -0.2) is 0 Å². The van der Waals surface area contributed by atoms with Crippen molar-refractivity contribution in [2.24, 2.45) is 0 Å². The minimum absolute atomic E-state index is 0.167. The first-order valence-electron chi connectivity index (χ1n) is 6.90. The molecule has 0 bridgehead atoms. The van der Waals surface area contributed by atoms with Gasteiger partial charge in [-0.3, -0.25) is 14.8 Å². The quantitative estimate of drug-likeness (QED) is 0.845. The van der Waals surface area contributed by atoms with Gasteiger partial charge >= 0.3 is 0 Å². The Bertz CT molecular complexity index is 614. The van der Waals surface area contributed by atoms with Gasteiger partial charge in [-0.2, -0.15) is 0 Å². The zero-order chi connectivity index (χ0) is 14.7. The SMILES string of the molecule is CCc1cc(C(=O)N2CCO[C@H](c3cnccn3)C2)on1. The number of nitrogens with zero attached hydrogens (tertiary/aromatic N) is 4. The van der Waals surface area contributed by atoms with E-state index in [1.54, 1.807) is 29.6 Å². The number of carbonyl (C=O) groups is 1. The van der Waals surface area contributed by atoms with Crippen molar-refractivity contribution in [2.75, 3.05) is 19.7 Å². The molecule has 110 valence electrons. The fourth-order valence-electron chi connectivity index (χ4n) is 2.22. The van der Waals surface area contributed by atoms with Crippen molar-refractivity contribution in [2.45, 2.75) is 19.4 Å². The molecule has 1 saturated heterocycles. The summed E-state index contributed by atoms with van der Waals surface area (Å²) < 4.78 is 10.8. The fraction of sp³-hybridized carbons (Fsp3) is 0.429. The van der Waals surface area contributed by atoms with E-state index in [9.17, 15) is 4.79 Å². The number of morpholine rings is 1. The minimum Gasteiger partial charge on any atom is -0.368 e. The Balaban J connectivity index is 1.72. The first-order valence-corrected chi connectivity index (χ1v) is 6.90. The molecular weight excluding hydrogens is 272 g/mol. The van der Waals surface area contributed by atoms with Crippen molar-refractivity contribution in [3.63, 3.8) is 0 Å². The normalized spacial score (nSPS) is 18.7. The predicted octanol–water partition coefficient (Wildman–Crippen LogP) is 1.24. The monoisotopic (exact) mass is 288 g/mol. The Morgan fingerprint density at radius 1 is 1.48 bits per heavy atom. The maximum Gasteiger partial charge on any atom is 0.292 e. The molecular formula is C14H16N4O3. The van der Waals surface area contributed by atoms with Gasteiger partial charge in [-0.1, -0.05) is 12.1 Å². The first kappa shape index (κ1) is 13.7. The molecule has 1 fully saturated rings. The van der Waals surface area contributed by atoms with E-state index >= 15 is 0 Å². The third-order valence-electron chi connectivity index (χ3n) is 3.40. The number of aryl methyl sites for hydroxylation is 1. The van der Waals surface area contributed by atoms with Crippen molar-refractivity contribution < 1.29 is 14.1 Å². The summed E-state index contributed by atoms with van der Waals surface area (Å²) in [6.07, 6.45) is 5.36. The summed E-state index contributed by atoms with van der Waals surface area (Å²) in [7, 11) is 0. The van der Waals surface area contributed by atoms with Crippen LogP contribution in [0.15, 0.2) is 29.2 Å². The molecule has 1 aliphatic heterocycles. The largest absolute Gasteiger partial charge is 0.368 e. The standard InChI is InChI=1S/C14H16N4O3/c1-2-10-7-12(21-17-10)14(19)18-5-6-20-13(9-18)11-8-15-3-4-16-11/h3-4,7-8,13H,2,5-6,9H2,1H3/t13-/m0/s1. The molecule has 3 rings (SSSR count). The summed E-state index contributed by atoms with van der Waals surface area (Å²) in [5.74, 6) is 0.103. The second-order valence-corrected chi connectivity index (χ2v) is 4.78. The van der Waals surface area contributed by atoms with E-state index < -0.39 is 0 Å². The molecule has 0 N–H and O–H groups in total. The number of rotatable bonds is 3. The summed E-state index contributed by atoms with van der Waals surface area (Å²) in [5, 5.41) is 3.85. The summed E-state index contributed by atoms with van der Waals surface area (Å²) in [5.41, 5.74) is 1.50. The molecule has 1 aliphatic rings. The van der Waals surface area contributed by atoms with E-state index in [0.29, 0.717) is 19.7 Å². The number of ether oxygens (including phenoxy) is 1. The van der Waals surface area contributed by atoms with Gasteiger partial charge in [0.05, 0.1) is 30.7 Å². The smallest absolute Gasteiger partial charge is 0.292 e. The van der Waals surface area contributed by atoms with E-state index in [2.05, 4.69) is 15.1 Å². The van der Waals surface area contributed by atoms with Crippen molar-refractivity contribution in [1.29, 1.82) is 0 Å². The molecule has 21 heavy (non-hydrogen) atoms. The van der Waals surface area contributed by atoms with Crippen LogP contribution in [0.25, 0.3) is 0 Å². The van der Waals surface area contributed by atoms with Crippen LogP contribution >= 0.6 is 0 Å². The van der Waals surface area contributed by atoms with Crippen molar-refractivity contribution in [3.8, 4) is 0 Å². The third kappa shape index (κ3) is 2.92. The number of amides is 1. The first-order chi connectivity index (χ1) is 10.3. The highest BCUT2D eigenvalue weighted by Crippen LogP contribution is 2.21. The molecule has 0 unspecified atom stereocenters. The Morgan fingerprint density at radius 2 is 2.38 bits per heavy atom. The van der Waals surface area contributed by atoms with Gasteiger partial charge in [0.25, 0.3) is 5.91 Å². The van der Waals surface area contributed by atoms with Crippen LogP contribution in [0.4, 0.5) is 0 Å². The lowest BCUT2D eigenvalue weighted by atomic mass is 10.2.